The molecule has 0 spiro atoms. The molecule has 0 bridgehead atoms. The maximum atomic E-state index is 11.5. The van der Waals surface area contributed by atoms with Crippen LogP contribution < -0.4 is 11.4 Å². The lowest BCUT2D eigenvalue weighted by molar-refractivity contribution is 0.558. The highest BCUT2D eigenvalue weighted by Gasteiger charge is 2.03. The zero-order valence-electron chi connectivity index (χ0n) is 14.3. The monoisotopic (exact) mass is 315 g/mol. The number of unbranched alkanes of at least 4 members (excludes halogenated alkanes) is 7. The van der Waals surface area contributed by atoms with Crippen LogP contribution in [0.5, 0.6) is 0 Å². The Labute approximate surface area is 138 Å². The van der Waals surface area contributed by atoms with E-state index in [2.05, 4.69) is 12.1 Å². The second-order valence-corrected chi connectivity index (χ2v) is 6.45. The highest BCUT2D eigenvalue weighted by molar-refractivity contribution is 5.80. The van der Waals surface area contributed by atoms with E-state index in [4.69, 9.17) is 10.2 Å². The van der Waals surface area contributed by atoms with Crippen molar-refractivity contribution in [2.45, 2.75) is 64.7 Å². The second kappa shape index (κ2) is 9.51. The van der Waals surface area contributed by atoms with Crippen molar-refractivity contribution >= 4 is 11.0 Å². The highest BCUT2D eigenvalue weighted by Crippen LogP contribution is 2.19. The lowest BCUT2D eigenvalue weighted by Gasteiger charge is -2.05. The van der Waals surface area contributed by atoms with E-state index in [1.807, 2.05) is 13.0 Å². The maximum absolute atomic E-state index is 11.5. The van der Waals surface area contributed by atoms with Crippen LogP contribution in [0.3, 0.4) is 0 Å². The van der Waals surface area contributed by atoms with Crippen molar-refractivity contribution in [3.63, 3.8) is 0 Å². The van der Waals surface area contributed by atoms with E-state index >= 15 is 0 Å². The summed E-state index contributed by atoms with van der Waals surface area (Å²) in [5, 5.41) is 1.03. The Hall–Kier alpha value is -1.61. The maximum Gasteiger partial charge on any atom is 0.336 e. The molecule has 126 valence electrons. The van der Waals surface area contributed by atoms with Gasteiger partial charge in [-0.2, -0.15) is 0 Å². The summed E-state index contributed by atoms with van der Waals surface area (Å²) in [6.45, 7) is 2.78. The standard InChI is InChI=1S/C20H29NO2/c1-16-14-20(22)23-19-15-17(11-12-18(16)19)10-8-6-4-2-3-5-7-9-13-21/h11-12,14-15H,2-10,13,21H2,1H3. The van der Waals surface area contributed by atoms with E-state index in [0.29, 0.717) is 5.58 Å². The molecular weight excluding hydrogens is 286 g/mol. The van der Waals surface area contributed by atoms with Crippen molar-refractivity contribution in [2.75, 3.05) is 6.54 Å². The number of hydrogen-bond acceptors (Lipinski definition) is 3. The smallest absolute Gasteiger partial charge is 0.336 e. The molecule has 0 radical (unpaired) electrons. The van der Waals surface area contributed by atoms with E-state index in [1.54, 1.807) is 6.07 Å². The van der Waals surface area contributed by atoms with Gasteiger partial charge in [0.1, 0.15) is 5.58 Å². The number of fused-ring (bicyclic) bond motifs is 1. The minimum absolute atomic E-state index is 0.262. The predicted octanol–water partition coefficient (Wildman–Crippen LogP) is 4.72. The lowest BCUT2D eigenvalue weighted by atomic mass is 10.0. The molecule has 3 heteroatoms. The zero-order valence-corrected chi connectivity index (χ0v) is 14.3. The molecule has 0 aliphatic carbocycles. The van der Waals surface area contributed by atoms with Crippen molar-refractivity contribution in [2.24, 2.45) is 5.73 Å². The molecule has 2 aromatic rings. The zero-order chi connectivity index (χ0) is 16.5. The van der Waals surface area contributed by atoms with Crippen molar-refractivity contribution < 1.29 is 4.42 Å². The first-order chi connectivity index (χ1) is 11.2. The van der Waals surface area contributed by atoms with E-state index in [9.17, 15) is 4.79 Å². The molecule has 0 aliphatic rings. The first-order valence-corrected chi connectivity index (χ1v) is 8.94. The molecule has 2 N–H and O–H groups in total. The van der Waals surface area contributed by atoms with Crippen molar-refractivity contribution in [1.82, 2.24) is 0 Å². The third-order valence-corrected chi connectivity index (χ3v) is 4.44. The van der Waals surface area contributed by atoms with Gasteiger partial charge in [0, 0.05) is 11.5 Å². The molecule has 0 aliphatic heterocycles. The van der Waals surface area contributed by atoms with Gasteiger partial charge in [-0.1, -0.05) is 50.7 Å². The number of nitrogens with two attached hydrogens (primary N) is 1. The lowest BCUT2D eigenvalue weighted by Crippen LogP contribution is -1.98. The number of rotatable bonds is 10. The summed E-state index contributed by atoms with van der Waals surface area (Å²) < 4.78 is 5.31. The summed E-state index contributed by atoms with van der Waals surface area (Å²) in [4.78, 5) is 11.5. The molecule has 0 amide bonds. The van der Waals surface area contributed by atoms with Crippen LogP contribution in [-0.4, -0.2) is 6.54 Å². The third kappa shape index (κ3) is 5.83. The van der Waals surface area contributed by atoms with E-state index in [-0.39, 0.29) is 5.63 Å². The Morgan fingerprint density at radius 1 is 0.913 bits per heavy atom. The molecule has 0 atom stereocenters. The van der Waals surface area contributed by atoms with Crippen LogP contribution in [0.2, 0.25) is 0 Å². The first kappa shape index (κ1) is 17.7. The highest BCUT2D eigenvalue weighted by atomic mass is 16.4. The van der Waals surface area contributed by atoms with Gasteiger partial charge in [-0.15, -0.1) is 0 Å². The van der Waals surface area contributed by atoms with E-state index in [0.717, 1.165) is 30.3 Å². The molecule has 23 heavy (non-hydrogen) atoms. The van der Waals surface area contributed by atoms with Crippen LogP contribution in [0.4, 0.5) is 0 Å². The molecule has 1 aromatic heterocycles. The van der Waals surface area contributed by atoms with Gasteiger partial charge in [-0.25, -0.2) is 4.79 Å². The van der Waals surface area contributed by atoms with Crippen molar-refractivity contribution in [3.05, 3.63) is 45.8 Å². The molecular formula is C20H29NO2. The van der Waals surface area contributed by atoms with Crippen LogP contribution in [0, 0.1) is 6.92 Å². The largest absolute Gasteiger partial charge is 0.423 e. The molecule has 1 heterocycles. The van der Waals surface area contributed by atoms with Crippen LogP contribution in [0.15, 0.2) is 33.5 Å². The fourth-order valence-electron chi connectivity index (χ4n) is 3.06. The van der Waals surface area contributed by atoms with Crippen LogP contribution in [0.1, 0.15) is 62.5 Å². The summed E-state index contributed by atoms with van der Waals surface area (Å²) in [6.07, 6.45) is 11.3. The summed E-state index contributed by atoms with van der Waals surface area (Å²) in [6, 6.07) is 7.80. The fourth-order valence-corrected chi connectivity index (χ4v) is 3.06. The Bertz CT molecular complexity index is 660. The Kier molecular flexibility index (Phi) is 7.34. The van der Waals surface area contributed by atoms with E-state index in [1.165, 1.54) is 50.5 Å². The Balaban J connectivity index is 1.72. The Morgan fingerprint density at radius 2 is 1.57 bits per heavy atom. The minimum Gasteiger partial charge on any atom is -0.423 e. The van der Waals surface area contributed by atoms with Crippen molar-refractivity contribution in [1.29, 1.82) is 0 Å². The minimum atomic E-state index is -0.262. The molecule has 0 saturated carbocycles. The van der Waals surface area contributed by atoms with Gasteiger partial charge >= 0.3 is 5.63 Å². The molecule has 0 unspecified atom stereocenters. The van der Waals surface area contributed by atoms with Crippen molar-refractivity contribution in [3.8, 4) is 0 Å². The molecule has 3 nitrogen and oxygen atoms in total. The Morgan fingerprint density at radius 3 is 2.26 bits per heavy atom. The quantitative estimate of drug-likeness (QED) is 0.509. The summed E-state index contributed by atoms with van der Waals surface area (Å²) in [5.41, 5.74) is 8.19. The number of benzene rings is 1. The summed E-state index contributed by atoms with van der Waals surface area (Å²) >= 11 is 0. The SMILES string of the molecule is Cc1cc(=O)oc2cc(CCCCCCCCCCN)ccc12. The predicted molar refractivity (Wildman–Crippen MR) is 96.9 cm³/mol. The average Bonchev–Trinajstić information content (AvgIpc) is 2.53. The molecule has 0 fully saturated rings. The number of hydrogen-bond donors (Lipinski definition) is 1. The molecule has 2 rings (SSSR count). The van der Waals surface area contributed by atoms with Gasteiger partial charge in [0.05, 0.1) is 0 Å². The average molecular weight is 315 g/mol. The van der Waals surface area contributed by atoms with Gasteiger partial charge in [0.15, 0.2) is 0 Å². The van der Waals surface area contributed by atoms with Gasteiger partial charge in [-0.3, -0.25) is 0 Å². The number of aryl methyl sites for hydroxylation is 2. The molecule has 1 aromatic carbocycles. The van der Waals surface area contributed by atoms with E-state index < -0.39 is 0 Å². The van der Waals surface area contributed by atoms with Crippen LogP contribution in [-0.2, 0) is 6.42 Å². The first-order valence-electron chi connectivity index (χ1n) is 8.94. The summed E-state index contributed by atoms with van der Waals surface area (Å²) in [5.74, 6) is 0. The van der Waals surface area contributed by atoms with Gasteiger partial charge in [0.25, 0.3) is 0 Å². The van der Waals surface area contributed by atoms with Crippen LogP contribution in [0.25, 0.3) is 11.0 Å². The molecule has 0 saturated heterocycles. The normalized spacial score (nSPS) is 11.2. The second-order valence-electron chi connectivity index (χ2n) is 6.45. The van der Waals surface area contributed by atoms with Gasteiger partial charge in [-0.05, 0) is 49.9 Å². The van der Waals surface area contributed by atoms with Crippen LogP contribution >= 0.6 is 0 Å². The fraction of sp³-hybridized carbons (Fsp3) is 0.550. The van der Waals surface area contributed by atoms with Gasteiger partial charge < -0.3 is 10.2 Å². The third-order valence-electron chi connectivity index (χ3n) is 4.44. The summed E-state index contributed by atoms with van der Waals surface area (Å²) in [7, 11) is 0. The topological polar surface area (TPSA) is 56.2 Å². The van der Waals surface area contributed by atoms with Gasteiger partial charge in [0.2, 0.25) is 0 Å².